The highest BCUT2D eigenvalue weighted by atomic mass is 32.2. The monoisotopic (exact) mass is 523 g/mol. The number of Topliss-reactive ketones (excluding diaryl/α,β-unsaturated/α-hetero) is 1. The first-order valence-electron chi connectivity index (χ1n) is 12.5. The van der Waals surface area contributed by atoms with Gasteiger partial charge in [-0.25, -0.2) is 4.79 Å². The average molecular weight is 524 g/mol. The van der Waals surface area contributed by atoms with E-state index in [1.165, 1.54) is 0 Å². The van der Waals surface area contributed by atoms with Crippen LogP contribution in [0.3, 0.4) is 0 Å². The van der Waals surface area contributed by atoms with Gasteiger partial charge in [-0.15, -0.1) is 11.8 Å². The van der Waals surface area contributed by atoms with Gasteiger partial charge in [0.1, 0.15) is 17.7 Å². The van der Waals surface area contributed by atoms with Gasteiger partial charge in [-0.05, 0) is 39.2 Å². The van der Waals surface area contributed by atoms with Gasteiger partial charge in [0.15, 0.2) is 5.78 Å². The van der Waals surface area contributed by atoms with Crippen molar-refractivity contribution < 1.29 is 29.0 Å². The molecule has 1 heterocycles. The number of amides is 2. The second-order valence-corrected chi connectivity index (χ2v) is 11.1. The van der Waals surface area contributed by atoms with Crippen molar-refractivity contribution in [3.8, 4) is 0 Å². The SMILES string of the molecule is CC(C)(C)OC(=O)NC(CCCCCC(=O)C(O)C(N)COCc1ccccc1)C(=O)N1CCSC1. The van der Waals surface area contributed by atoms with Gasteiger partial charge in [-0.2, -0.15) is 0 Å². The molecule has 2 amide bonds. The third-order valence-corrected chi connectivity index (χ3v) is 6.59. The number of nitrogens with one attached hydrogen (secondary N) is 1. The second kappa shape index (κ2) is 15.2. The molecule has 0 aromatic heterocycles. The molecule has 2 rings (SSSR count). The van der Waals surface area contributed by atoms with E-state index < -0.39 is 29.9 Å². The van der Waals surface area contributed by atoms with Crippen LogP contribution in [0.2, 0.25) is 0 Å². The Balaban J connectivity index is 1.71. The first-order chi connectivity index (χ1) is 17.1. The van der Waals surface area contributed by atoms with Gasteiger partial charge in [0, 0.05) is 18.7 Å². The molecule has 202 valence electrons. The van der Waals surface area contributed by atoms with Crippen LogP contribution >= 0.6 is 11.8 Å². The molecule has 1 aliphatic rings. The smallest absolute Gasteiger partial charge is 0.408 e. The predicted octanol–water partition coefficient (Wildman–Crippen LogP) is 2.84. The zero-order valence-electron chi connectivity index (χ0n) is 21.6. The molecule has 1 aromatic rings. The molecule has 1 saturated heterocycles. The van der Waals surface area contributed by atoms with E-state index in [0.717, 1.165) is 11.3 Å². The minimum absolute atomic E-state index is 0.0801. The van der Waals surface area contributed by atoms with Gasteiger partial charge >= 0.3 is 6.09 Å². The number of alkyl carbamates (subject to hydrolysis) is 1. The lowest BCUT2D eigenvalue weighted by atomic mass is 10.0. The summed E-state index contributed by atoms with van der Waals surface area (Å²) in [4.78, 5) is 39.2. The first-order valence-corrected chi connectivity index (χ1v) is 13.7. The van der Waals surface area contributed by atoms with Crippen LogP contribution in [0.4, 0.5) is 4.79 Å². The maximum absolute atomic E-state index is 12.9. The largest absolute Gasteiger partial charge is 0.444 e. The van der Waals surface area contributed by atoms with Crippen molar-refractivity contribution in [2.45, 2.75) is 83.3 Å². The summed E-state index contributed by atoms with van der Waals surface area (Å²) >= 11 is 1.68. The number of hydrogen-bond donors (Lipinski definition) is 3. The average Bonchev–Trinajstić information content (AvgIpc) is 3.36. The summed E-state index contributed by atoms with van der Waals surface area (Å²) in [6.07, 6.45) is 0.610. The number of thioether (sulfide) groups is 1. The molecule has 3 unspecified atom stereocenters. The Morgan fingerprint density at radius 3 is 2.53 bits per heavy atom. The molecule has 0 bridgehead atoms. The number of nitrogens with two attached hydrogens (primary N) is 1. The number of rotatable bonds is 14. The molecule has 1 aliphatic heterocycles. The van der Waals surface area contributed by atoms with Crippen LogP contribution in [0.25, 0.3) is 0 Å². The Morgan fingerprint density at radius 1 is 1.17 bits per heavy atom. The Kier molecular flexibility index (Phi) is 12.7. The maximum atomic E-state index is 12.9. The molecule has 3 atom stereocenters. The normalized spacial score (nSPS) is 16.3. The number of hydrogen-bond acceptors (Lipinski definition) is 8. The quantitative estimate of drug-likeness (QED) is 0.317. The van der Waals surface area contributed by atoms with Crippen LogP contribution in [0.15, 0.2) is 30.3 Å². The number of nitrogens with zero attached hydrogens (tertiary/aromatic N) is 1. The molecule has 0 aliphatic carbocycles. The number of aliphatic hydroxyl groups is 1. The van der Waals surface area contributed by atoms with E-state index in [0.29, 0.717) is 44.7 Å². The summed E-state index contributed by atoms with van der Waals surface area (Å²) < 4.78 is 10.9. The van der Waals surface area contributed by atoms with Crippen molar-refractivity contribution in [2.24, 2.45) is 5.73 Å². The van der Waals surface area contributed by atoms with Crippen LogP contribution in [0, 0.1) is 0 Å². The Hall–Kier alpha value is -2.14. The van der Waals surface area contributed by atoms with E-state index in [4.69, 9.17) is 15.2 Å². The van der Waals surface area contributed by atoms with Crippen LogP contribution in [0.1, 0.15) is 58.4 Å². The summed E-state index contributed by atoms with van der Waals surface area (Å²) in [5.74, 6) is 1.07. The number of ketones is 1. The lowest BCUT2D eigenvalue weighted by Gasteiger charge is -2.26. The Bertz CT molecular complexity index is 827. The topological polar surface area (TPSA) is 131 Å². The zero-order chi connectivity index (χ0) is 26.6. The Labute approximate surface area is 218 Å². The van der Waals surface area contributed by atoms with Crippen LogP contribution in [-0.4, -0.2) is 76.4 Å². The fourth-order valence-corrected chi connectivity index (χ4v) is 4.66. The molecule has 10 heteroatoms. The van der Waals surface area contributed by atoms with Gasteiger partial charge < -0.3 is 30.5 Å². The van der Waals surface area contributed by atoms with Gasteiger partial charge in [0.2, 0.25) is 5.91 Å². The van der Waals surface area contributed by atoms with Crippen LogP contribution < -0.4 is 11.1 Å². The van der Waals surface area contributed by atoms with Crippen molar-refractivity contribution >= 4 is 29.5 Å². The van der Waals surface area contributed by atoms with Crippen LogP contribution in [-0.2, 0) is 25.7 Å². The number of unbranched alkanes of at least 4 members (excludes halogenated alkanes) is 2. The molecule has 4 N–H and O–H groups in total. The van der Waals surface area contributed by atoms with Gasteiger partial charge in [0.05, 0.1) is 25.1 Å². The second-order valence-electron chi connectivity index (χ2n) is 10.0. The van der Waals surface area contributed by atoms with Crippen molar-refractivity contribution in [1.82, 2.24) is 10.2 Å². The minimum atomic E-state index is -1.28. The molecular weight excluding hydrogens is 482 g/mol. The van der Waals surface area contributed by atoms with Gasteiger partial charge in [-0.3, -0.25) is 9.59 Å². The molecular formula is C26H41N3O6S. The Morgan fingerprint density at radius 2 is 1.89 bits per heavy atom. The fraction of sp³-hybridized carbons (Fsp3) is 0.654. The third kappa shape index (κ3) is 11.3. The third-order valence-electron chi connectivity index (χ3n) is 5.63. The van der Waals surface area contributed by atoms with E-state index in [1.807, 2.05) is 30.3 Å². The number of carbonyl (C=O) groups is 3. The molecule has 0 radical (unpaired) electrons. The lowest BCUT2D eigenvalue weighted by Crippen LogP contribution is -2.49. The van der Waals surface area contributed by atoms with E-state index in [2.05, 4.69) is 5.32 Å². The number of ether oxygens (including phenoxy) is 2. The minimum Gasteiger partial charge on any atom is -0.444 e. The summed E-state index contributed by atoms with van der Waals surface area (Å²) in [6.45, 7) is 6.42. The lowest BCUT2D eigenvalue weighted by molar-refractivity contribution is -0.132. The first kappa shape index (κ1) is 30.1. The maximum Gasteiger partial charge on any atom is 0.408 e. The molecule has 36 heavy (non-hydrogen) atoms. The highest BCUT2D eigenvalue weighted by Gasteiger charge is 2.29. The van der Waals surface area contributed by atoms with E-state index >= 15 is 0 Å². The molecule has 0 saturated carbocycles. The number of aliphatic hydroxyl groups excluding tert-OH is 1. The highest BCUT2D eigenvalue weighted by molar-refractivity contribution is 7.99. The predicted molar refractivity (Wildman–Crippen MR) is 140 cm³/mol. The van der Waals surface area contributed by atoms with Gasteiger partial charge in [-0.1, -0.05) is 43.2 Å². The number of benzene rings is 1. The fourth-order valence-electron chi connectivity index (χ4n) is 3.70. The summed E-state index contributed by atoms with van der Waals surface area (Å²) in [7, 11) is 0. The highest BCUT2D eigenvalue weighted by Crippen LogP contribution is 2.17. The van der Waals surface area contributed by atoms with Crippen molar-refractivity contribution in [3.05, 3.63) is 35.9 Å². The van der Waals surface area contributed by atoms with E-state index in [9.17, 15) is 19.5 Å². The van der Waals surface area contributed by atoms with E-state index in [1.54, 1.807) is 37.4 Å². The summed E-state index contributed by atoms with van der Waals surface area (Å²) in [5.41, 5.74) is 6.28. The molecule has 1 fully saturated rings. The molecule has 1 aromatic carbocycles. The van der Waals surface area contributed by atoms with Gasteiger partial charge in [0.25, 0.3) is 0 Å². The van der Waals surface area contributed by atoms with Crippen molar-refractivity contribution in [3.63, 3.8) is 0 Å². The molecule has 0 spiro atoms. The summed E-state index contributed by atoms with van der Waals surface area (Å²) in [5, 5.41) is 13.0. The van der Waals surface area contributed by atoms with Crippen molar-refractivity contribution in [1.29, 1.82) is 0 Å². The standard InChI is InChI=1S/C26H41N3O6S/c1-26(2,3)35-25(33)28-21(24(32)29-14-15-36-18-29)12-8-5-9-13-22(30)23(31)20(27)17-34-16-19-10-6-4-7-11-19/h4,6-7,10-11,20-21,23,31H,5,8-9,12-18,27H2,1-3H3,(H,28,33). The van der Waals surface area contributed by atoms with Crippen LogP contribution in [0.5, 0.6) is 0 Å². The zero-order valence-corrected chi connectivity index (χ0v) is 22.4. The molecule has 9 nitrogen and oxygen atoms in total. The summed E-state index contributed by atoms with van der Waals surface area (Å²) in [6, 6.07) is 8.13. The number of carbonyl (C=O) groups excluding carboxylic acids is 3. The van der Waals surface area contributed by atoms with Crippen molar-refractivity contribution in [2.75, 3.05) is 24.8 Å². The van der Waals surface area contributed by atoms with E-state index in [-0.39, 0.29) is 24.7 Å².